The maximum Gasteiger partial charge on any atom is 0.180 e. The van der Waals surface area contributed by atoms with Crippen molar-refractivity contribution >= 4 is 17.0 Å². The summed E-state index contributed by atoms with van der Waals surface area (Å²) in [5, 5.41) is 8.16. The van der Waals surface area contributed by atoms with Gasteiger partial charge in [0, 0.05) is 30.7 Å². The van der Waals surface area contributed by atoms with E-state index in [4.69, 9.17) is 5.10 Å². The fourth-order valence-electron chi connectivity index (χ4n) is 2.90. The highest BCUT2D eigenvalue weighted by molar-refractivity contribution is 5.71. The molecule has 3 aromatic heterocycles. The summed E-state index contributed by atoms with van der Waals surface area (Å²) in [6, 6.07) is 14.0. The van der Waals surface area contributed by atoms with Crippen molar-refractivity contribution in [1.29, 1.82) is 0 Å². The van der Waals surface area contributed by atoms with Crippen LogP contribution >= 0.6 is 0 Å². The van der Waals surface area contributed by atoms with Crippen molar-refractivity contribution in [2.75, 3.05) is 5.32 Å². The second-order valence-electron chi connectivity index (χ2n) is 6.42. The molecular weight excluding hydrogens is 324 g/mol. The molecule has 0 bridgehead atoms. The molecule has 26 heavy (non-hydrogen) atoms. The quantitative estimate of drug-likeness (QED) is 0.594. The lowest BCUT2D eigenvalue weighted by atomic mass is 10.1. The summed E-state index contributed by atoms with van der Waals surface area (Å²) < 4.78 is 1.94. The van der Waals surface area contributed by atoms with Crippen molar-refractivity contribution in [1.82, 2.24) is 24.7 Å². The zero-order valence-corrected chi connectivity index (χ0v) is 14.8. The number of anilines is 1. The molecule has 0 fully saturated rings. The molecule has 6 nitrogen and oxygen atoms in total. The summed E-state index contributed by atoms with van der Waals surface area (Å²) in [6.07, 6.45) is 5.41. The van der Waals surface area contributed by atoms with Crippen LogP contribution in [0.1, 0.15) is 31.0 Å². The molecule has 0 unspecified atom stereocenters. The molecule has 0 aliphatic rings. The van der Waals surface area contributed by atoms with Crippen LogP contribution in [0.4, 0.5) is 5.82 Å². The van der Waals surface area contributed by atoms with Crippen LogP contribution in [0.15, 0.2) is 61.1 Å². The van der Waals surface area contributed by atoms with Gasteiger partial charge in [-0.25, -0.2) is 14.6 Å². The average Bonchev–Trinajstić information content (AvgIpc) is 3.11. The second-order valence-corrected chi connectivity index (χ2v) is 6.42. The van der Waals surface area contributed by atoms with Gasteiger partial charge in [0.1, 0.15) is 11.3 Å². The molecule has 0 radical (unpaired) electrons. The molecule has 0 atom stereocenters. The molecule has 0 saturated heterocycles. The van der Waals surface area contributed by atoms with E-state index in [2.05, 4.69) is 52.4 Å². The zero-order valence-electron chi connectivity index (χ0n) is 14.8. The van der Waals surface area contributed by atoms with Gasteiger partial charge in [0.15, 0.2) is 5.65 Å². The van der Waals surface area contributed by atoms with Gasteiger partial charge in [-0.2, -0.15) is 5.10 Å². The molecule has 0 saturated carbocycles. The molecule has 1 aromatic carbocycles. The molecule has 0 aliphatic carbocycles. The minimum atomic E-state index is 0.340. The van der Waals surface area contributed by atoms with Gasteiger partial charge in [-0.1, -0.05) is 32.0 Å². The number of aromatic nitrogens is 5. The van der Waals surface area contributed by atoms with E-state index in [0.717, 1.165) is 28.3 Å². The van der Waals surface area contributed by atoms with E-state index in [1.165, 1.54) is 0 Å². The van der Waals surface area contributed by atoms with Gasteiger partial charge in [-0.05, 0) is 30.2 Å². The van der Waals surface area contributed by atoms with Crippen LogP contribution in [-0.4, -0.2) is 24.7 Å². The van der Waals surface area contributed by atoms with Crippen LogP contribution in [0.5, 0.6) is 0 Å². The number of hydrogen-bond acceptors (Lipinski definition) is 5. The van der Waals surface area contributed by atoms with Crippen LogP contribution in [0.25, 0.3) is 16.9 Å². The molecule has 0 aliphatic heterocycles. The summed E-state index contributed by atoms with van der Waals surface area (Å²) in [4.78, 5) is 13.0. The third kappa shape index (κ3) is 3.26. The van der Waals surface area contributed by atoms with Crippen LogP contribution < -0.4 is 5.32 Å². The van der Waals surface area contributed by atoms with Crippen molar-refractivity contribution in [3.05, 3.63) is 72.3 Å². The molecular formula is C20H20N6. The predicted molar refractivity (Wildman–Crippen MR) is 102 cm³/mol. The van der Waals surface area contributed by atoms with Crippen molar-refractivity contribution in [2.24, 2.45) is 0 Å². The summed E-state index contributed by atoms with van der Waals surface area (Å²) in [5.41, 5.74) is 4.73. The SMILES string of the molecule is CC(C)c1nn(-c2ccccc2)cc1CNc1ccc2nccnc2n1. The Hall–Kier alpha value is -3.28. The van der Waals surface area contributed by atoms with E-state index in [1.54, 1.807) is 12.4 Å². The molecule has 4 aromatic rings. The maximum atomic E-state index is 4.78. The number of pyridine rings is 1. The molecule has 0 amide bonds. The van der Waals surface area contributed by atoms with E-state index in [9.17, 15) is 0 Å². The highest BCUT2D eigenvalue weighted by Gasteiger charge is 2.13. The highest BCUT2D eigenvalue weighted by atomic mass is 15.3. The van der Waals surface area contributed by atoms with Gasteiger partial charge in [0.2, 0.25) is 0 Å². The van der Waals surface area contributed by atoms with Gasteiger partial charge in [-0.15, -0.1) is 0 Å². The maximum absolute atomic E-state index is 4.78. The monoisotopic (exact) mass is 344 g/mol. The Morgan fingerprint density at radius 1 is 1.00 bits per heavy atom. The van der Waals surface area contributed by atoms with Crippen LogP contribution in [-0.2, 0) is 6.54 Å². The van der Waals surface area contributed by atoms with Crippen LogP contribution in [0.3, 0.4) is 0 Å². The third-order valence-electron chi connectivity index (χ3n) is 4.18. The molecule has 130 valence electrons. The number of benzene rings is 1. The first-order valence-electron chi connectivity index (χ1n) is 8.66. The van der Waals surface area contributed by atoms with Gasteiger partial charge >= 0.3 is 0 Å². The Labute approximate surface area is 152 Å². The predicted octanol–water partition coefficient (Wildman–Crippen LogP) is 3.95. The fraction of sp³-hybridized carbons (Fsp3) is 0.200. The van der Waals surface area contributed by atoms with E-state index in [0.29, 0.717) is 18.1 Å². The Bertz CT molecular complexity index is 1020. The van der Waals surface area contributed by atoms with Gasteiger partial charge in [0.05, 0.1) is 11.4 Å². The Balaban J connectivity index is 1.59. The lowest BCUT2D eigenvalue weighted by molar-refractivity contribution is 0.763. The van der Waals surface area contributed by atoms with Gasteiger partial charge < -0.3 is 5.32 Å². The highest BCUT2D eigenvalue weighted by Crippen LogP contribution is 2.21. The lowest BCUT2D eigenvalue weighted by Gasteiger charge is -2.07. The van der Waals surface area contributed by atoms with Gasteiger partial charge in [-0.3, -0.25) is 4.98 Å². The second kappa shape index (κ2) is 6.92. The summed E-state index contributed by atoms with van der Waals surface area (Å²) in [5.74, 6) is 1.12. The smallest absolute Gasteiger partial charge is 0.180 e. The van der Waals surface area contributed by atoms with E-state index in [-0.39, 0.29) is 0 Å². The molecule has 3 heterocycles. The number of nitrogens with zero attached hydrogens (tertiary/aromatic N) is 5. The Morgan fingerprint density at radius 3 is 2.62 bits per heavy atom. The van der Waals surface area contributed by atoms with E-state index >= 15 is 0 Å². The minimum absolute atomic E-state index is 0.340. The molecule has 1 N–H and O–H groups in total. The fourth-order valence-corrected chi connectivity index (χ4v) is 2.90. The number of nitrogens with one attached hydrogen (secondary N) is 1. The van der Waals surface area contributed by atoms with E-state index < -0.39 is 0 Å². The number of rotatable bonds is 5. The zero-order chi connectivity index (χ0) is 17.9. The Morgan fingerprint density at radius 2 is 1.81 bits per heavy atom. The Kier molecular flexibility index (Phi) is 4.31. The first kappa shape index (κ1) is 16.2. The van der Waals surface area contributed by atoms with Crippen LogP contribution in [0, 0.1) is 0 Å². The summed E-state index contributed by atoms with van der Waals surface area (Å²) in [7, 11) is 0. The van der Waals surface area contributed by atoms with Crippen molar-refractivity contribution in [3.8, 4) is 5.69 Å². The average molecular weight is 344 g/mol. The standard InChI is InChI=1S/C20H20N6/c1-14(2)19-15(13-26(25-19)16-6-4-3-5-7-16)12-23-18-9-8-17-20(24-18)22-11-10-21-17/h3-11,13-14H,12H2,1-2H3,(H,22,23,24). The van der Waals surface area contributed by atoms with E-state index in [1.807, 2.05) is 35.0 Å². The number of fused-ring (bicyclic) bond motifs is 1. The molecule has 0 spiro atoms. The number of para-hydroxylation sites is 1. The largest absolute Gasteiger partial charge is 0.366 e. The van der Waals surface area contributed by atoms with Crippen molar-refractivity contribution in [2.45, 2.75) is 26.3 Å². The van der Waals surface area contributed by atoms with Crippen LogP contribution in [0.2, 0.25) is 0 Å². The summed E-state index contributed by atoms with van der Waals surface area (Å²) in [6.45, 7) is 4.97. The number of hydrogen-bond donors (Lipinski definition) is 1. The first-order chi connectivity index (χ1) is 12.7. The molecule has 6 heteroatoms. The molecule has 4 rings (SSSR count). The normalized spacial score (nSPS) is 11.2. The van der Waals surface area contributed by atoms with Gasteiger partial charge in [0.25, 0.3) is 0 Å². The van der Waals surface area contributed by atoms with Crippen molar-refractivity contribution in [3.63, 3.8) is 0 Å². The third-order valence-corrected chi connectivity index (χ3v) is 4.18. The summed E-state index contributed by atoms with van der Waals surface area (Å²) >= 11 is 0. The lowest BCUT2D eigenvalue weighted by Crippen LogP contribution is -2.04. The first-order valence-corrected chi connectivity index (χ1v) is 8.66. The minimum Gasteiger partial charge on any atom is -0.366 e. The topological polar surface area (TPSA) is 68.5 Å². The van der Waals surface area contributed by atoms with Crippen molar-refractivity contribution < 1.29 is 0 Å².